The molecule has 0 aliphatic rings. The van der Waals surface area contributed by atoms with Crippen LogP contribution < -0.4 is 11.1 Å². The monoisotopic (exact) mass is 287 g/mol. The van der Waals surface area contributed by atoms with Crippen LogP contribution >= 0.6 is 0 Å². The highest BCUT2D eigenvalue weighted by atomic mass is 16.1. The highest BCUT2D eigenvalue weighted by Crippen LogP contribution is 2.19. The minimum absolute atomic E-state index is 0.200. The Kier molecular flexibility index (Phi) is 4.26. The minimum atomic E-state index is -0.200. The van der Waals surface area contributed by atoms with E-state index in [4.69, 9.17) is 5.73 Å². The number of rotatable bonds is 4. The molecule has 6 heteroatoms. The van der Waals surface area contributed by atoms with E-state index in [2.05, 4.69) is 15.4 Å². The summed E-state index contributed by atoms with van der Waals surface area (Å²) < 4.78 is 1.69. The highest BCUT2D eigenvalue weighted by Gasteiger charge is 2.14. The molecule has 3 N–H and O–H groups in total. The van der Waals surface area contributed by atoms with Gasteiger partial charge in [-0.1, -0.05) is 20.8 Å². The van der Waals surface area contributed by atoms with Gasteiger partial charge in [0.15, 0.2) is 0 Å². The largest absolute Gasteiger partial charge is 0.384 e. The molecule has 0 radical (unpaired) electrons. The van der Waals surface area contributed by atoms with E-state index in [0.29, 0.717) is 11.4 Å². The number of nitrogen functional groups attached to an aromatic ring is 1. The van der Waals surface area contributed by atoms with Gasteiger partial charge in [0.2, 0.25) is 0 Å². The normalized spacial score (nSPS) is 10.9. The van der Waals surface area contributed by atoms with Crippen molar-refractivity contribution in [3.63, 3.8) is 0 Å². The lowest BCUT2D eigenvalue weighted by Gasteiger charge is -2.09. The Hall–Kier alpha value is -2.37. The van der Waals surface area contributed by atoms with Crippen molar-refractivity contribution < 1.29 is 4.79 Å². The van der Waals surface area contributed by atoms with Crippen molar-refractivity contribution in [2.45, 2.75) is 33.1 Å². The van der Waals surface area contributed by atoms with Crippen LogP contribution in [0.5, 0.6) is 0 Å². The van der Waals surface area contributed by atoms with E-state index < -0.39 is 0 Å². The molecule has 0 aromatic carbocycles. The summed E-state index contributed by atoms with van der Waals surface area (Å²) in [7, 11) is 1.83. The Morgan fingerprint density at radius 1 is 1.43 bits per heavy atom. The number of hydrogen-bond acceptors (Lipinski definition) is 4. The van der Waals surface area contributed by atoms with Gasteiger partial charge in [0, 0.05) is 24.5 Å². The van der Waals surface area contributed by atoms with Gasteiger partial charge in [-0.15, -0.1) is 0 Å². The molecule has 112 valence electrons. The average Bonchev–Trinajstić information content (AvgIpc) is 2.77. The first-order chi connectivity index (χ1) is 9.90. The number of amides is 1. The van der Waals surface area contributed by atoms with E-state index in [-0.39, 0.29) is 11.8 Å². The number of nitrogens with zero attached hydrogens (tertiary/aromatic N) is 3. The number of aryl methyl sites for hydroxylation is 2. The number of nitrogens with one attached hydrogen (secondary N) is 1. The van der Waals surface area contributed by atoms with Crippen LogP contribution in [0.2, 0.25) is 0 Å². The van der Waals surface area contributed by atoms with Crippen LogP contribution in [-0.4, -0.2) is 20.7 Å². The Balaban J connectivity index is 2.28. The van der Waals surface area contributed by atoms with Crippen LogP contribution in [0.15, 0.2) is 18.3 Å². The van der Waals surface area contributed by atoms with Gasteiger partial charge < -0.3 is 11.1 Å². The van der Waals surface area contributed by atoms with Gasteiger partial charge in [0.05, 0.1) is 11.4 Å². The van der Waals surface area contributed by atoms with Crippen LogP contribution in [0.1, 0.15) is 48.4 Å². The zero-order valence-electron chi connectivity index (χ0n) is 12.8. The molecule has 2 aromatic heterocycles. The summed E-state index contributed by atoms with van der Waals surface area (Å²) in [6.45, 7) is 6.03. The number of anilines is 2. The van der Waals surface area contributed by atoms with Crippen LogP contribution in [-0.2, 0) is 13.5 Å². The van der Waals surface area contributed by atoms with Crippen LogP contribution in [0, 0.1) is 0 Å². The van der Waals surface area contributed by atoms with Crippen molar-refractivity contribution in [2.75, 3.05) is 11.1 Å². The number of nitrogens with two attached hydrogens (primary N) is 1. The molecule has 0 fully saturated rings. The topological polar surface area (TPSA) is 85.8 Å². The standard InChI is InChI=1S/C15H21N5O/c1-5-11-13(8-20(4)19-11)18-15(21)10-6-12(9(2)3)17-14(16)7-10/h6-9H,5H2,1-4H3,(H2,16,17)(H,18,21). The summed E-state index contributed by atoms with van der Waals surface area (Å²) in [5.74, 6) is 0.367. The van der Waals surface area contributed by atoms with Gasteiger partial charge in [-0.25, -0.2) is 4.98 Å². The maximum atomic E-state index is 12.4. The van der Waals surface area contributed by atoms with Gasteiger partial charge in [-0.2, -0.15) is 5.10 Å². The van der Waals surface area contributed by atoms with E-state index in [1.807, 2.05) is 27.8 Å². The lowest BCUT2D eigenvalue weighted by Crippen LogP contribution is -2.14. The van der Waals surface area contributed by atoms with E-state index in [1.54, 1.807) is 23.0 Å². The van der Waals surface area contributed by atoms with E-state index >= 15 is 0 Å². The average molecular weight is 287 g/mol. The summed E-state index contributed by atoms with van der Waals surface area (Å²) in [4.78, 5) is 16.6. The van der Waals surface area contributed by atoms with E-state index in [1.165, 1.54) is 0 Å². The van der Waals surface area contributed by atoms with Gasteiger partial charge in [0.1, 0.15) is 5.82 Å². The third-order valence-electron chi connectivity index (χ3n) is 3.21. The number of carbonyl (C=O) groups excluding carboxylic acids is 1. The molecule has 0 spiro atoms. The van der Waals surface area contributed by atoms with E-state index in [9.17, 15) is 4.79 Å². The predicted octanol–water partition coefficient (Wildman–Crippen LogP) is 2.34. The maximum absolute atomic E-state index is 12.4. The lowest BCUT2D eigenvalue weighted by molar-refractivity contribution is 0.102. The molecule has 0 saturated heterocycles. The Bertz CT molecular complexity index is 660. The molecule has 0 unspecified atom stereocenters. The quantitative estimate of drug-likeness (QED) is 0.903. The number of carbonyl (C=O) groups is 1. The predicted molar refractivity (Wildman–Crippen MR) is 83.3 cm³/mol. The van der Waals surface area contributed by atoms with Gasteiger partial charge in [0.25, 0.3) is 5.91 Å². The van der Waals surface area contributed by atoms with Crippen LogP contribution in [0.4, 0.5) is 11.5 Å². The molecule has 21 heavy (non-hydrogen) atoms. The van der Waals surface area contributed by atoms with Crippen molar-refractivity contribution in [3.8, 4) is 0 Å². The molecule has 0 aliphatic carbocycles. The van der Waals surface area contributed by atoms with E-state index in [0.717, 1.165) is 23.5 Å². The molecule has 0 atom stereocenters. The fourth-order valence-electron chi connectivity index (χ4n) is 2.10. The van der Waals surface area contributed by atoms with Crippen molar-refractivity contribution in [2.24, 2.45) is 7.05 Å². The second kappa shape index (κ2) is 5.95. The zero-order chi connectivity index (χ0) is 15.6. The number of pyridine rings is 1. The fraction of sp³-hybridized carbons (Fsp3) is 0.400. The molecule has 1 amide bonds. The van der Waals surface area contributed by atoms with Crippen molar-refractivity contribution in [1.29, 1.82) is 0 Å². The van der Waals surface area contributed by atoms with Gasteiger partial charge in [-0.05, 0) is 24.5 Å². The third kappa shape index (κ3) is 3.39. The molecule has 6 nitrogen and oxygen atoms in total. The van der Waals surface area contributed by atoms with Gasteiger partial charge in [-0.3, -0.25) is 9.48 Å². The second-order valence-corrected chi connectivity index (χ2v) is 5.33. The van der Waals surface area contributed by atoms with Crippen LogP contribution in [0.3, 0.4) is 0 Å². The molecule has 0 aliphatic heterocycles. The first kappa shape index (κ1) is 15.0. The van der Waals surface area contributed by atoms with Crippen molar-refractivity contribution >= 4 is 17.4 Å². The second-order valence-electron chi connectivity index (χ2n) is 5.33. The maximum Gasteiger partial charge on any atom is 0.255 e. The molecule has 0 saturated carbocycles. The molecular weight excluding hydrogens is 266 g/mol. The summed E-state index contributed by atoms with van der Waals surface area (Å²) >= 11 is 0. The number of hydrogen-bond donors (Lipinski definition) is 2. The minimum Gasteiger partial charge on any atom is -0.384 e. The van der Waals surface area contributed by atoms with Gasteiger partial charge >= 0.3 is 0 Å². The molecule has 2 heterocycles. The summed E-state index contributed by atoms with van der Waals surface area (Å²) in [6.07, 6.45) is 2.55. The Morgan fingerprint density at radius 3 is 2.76 bits per heavy atom. The fourth-order valence-corrected chi connectivity index (χ4v) is 2.10. The summed E-state index contributed by atoms with van der Waals surface area (Å²) in [6, 6.07) is 3.36. The lowest BCUT2D eigenvalue weighted by atomic mass is 10.1. The number of aromatic nitrogens is 3. The summed E-state index contributed by atoms with van der Waals surface area (Å²) in [5.41, 5.74) is 8.69. The Morgan fingerprint density at radius 2 is 2.14 bits per heavy atom. The zero-order valence-corrected chi connectivity index (χ0v) is 12.8. The molecule has 0 bridgehead atoms. The molecule has 2 aromatic rings. The highest BCUT2D eigenvalue weighted by molar-refractivity contribution is 6.05. The Labute approximate surface area is 124 Å². The third-order valence-corrected chi connectivity index (χ3v) is 3.21. The van der Waals surface area contributed by atoms with Crippen LogP contribution in [0.25, 0.3) is 0 Å². The van der Waals surface area contributed by atoms with Crippen molar-refractivity contribution in [3.05, 3.63) is 35.3 Å². The molecule has 2 rings (SSSR count). The van der Waals surface area contributed by atoms with Crippen molar-refractivity contribution in [1.82, 2.24) is 14.8 Å². The summed E-state index contributed by atoms with van der Waals surface area (Å²) in [5, 5.41) is 7.19. The first-order valence-corrected chi connectivity index (χ1v) is 7.02. The molecular formula is C15H21N5O. The smallest absolute Gasteiger partial charge is 0.255 e. The SMILES string of the molecule is CCc1nn(C)cc1NC(=O)c1cc(N)nc(C(C)C)c1. The first-order valence-electron chi connectivity index (χ1n) is 7.02.